The second-order valence-corrected chi connectivity index (χ2v) is 4.70. The molecular formula is C14H13F2N4O2+. The zero-order valence-electron chi connectivity index (χ0n) is 11.5. The Bertz CT molecular complexity index is 683. The number of nitrogens with zero attached hydrogens (tertiary/aromatic N) is 4. The van der Waals surface area contributed by atoms with E-state index in [4.69, 9.17) is 9.15 Å². The highest BCUT2D eigenvalue weighted by atomic mass is 19.3. The summed E-state index contributed by atoms with van der Waals surface area (Å²) in [6, 6.07) is 3.42. The third-order valence-electron chi connectivity index (χ3n) is 3.11. The standard InChI is InChI=1S/C14H13F2N4O2/c15-12(16)14-20-19-13(22-14)9-1-2-10(18-7-9)8-21-11-3-5-17-6-4-11/h1-2,5-7,11-12H,3-4,8H2/q+1. The first-order chi connectivity index (χ1) is 10.7. The van der Waals surface area contributed by atoms with E-state index in [0.717, 1.165) is 18.5 Å². The van der Waals surface area contributed by atoms with Crippen LogP contribution in [0.4, 0.5) is 8.78 Å². The van der Waals surface area contributed by atoms with Gasteiger partial charge in [-0.2, -0.15) is 8.78 Å². The largest absolute Gasteiger partial charge is 0.415 e. The average Bonchev–Trinajstić information content (AvgIpc) is 3.05. The van der Waals surface area contributed by atoms with Gasteiger partial charge in [0.2, 0.25) is 5.89 Å². The summed E-state index contributed by atoms with van der Waals surface area (Å²) in [7, 11) is 0. The van der Waals surface area contributed by atoms with Gasteiger partial charge in [0.25, 0.3) is 18.3 Å². The molecule has 0 radical (unpaired) electrons. The zero-order valence-corrected chi connectivity index (χ0v) is 11.5. The number of hydrogen-bond donors (Lipinski definition) is 0. The molecule has 1 aliphatic rings. The number of alkyl halides is 2. The number of aromatic nitrogens is 3. The normalized spacial score (nSPS) is 14.9. The lowest BCUT2D eigenvalue weighted by atomic mass is 10.2. The summed E-state index contributed by atoms with van der Waals surface area (Å²) in [5, 5.41) is 6.85. The minimum Gasteiger partial charge on any atom is -0.415 e. The molecule has 0 fully saturated rings. The van der Waals surface area contributed by atoms with Crippen LogP contribution in [0.25, 0.3) is 11.5 Å². The van der Waals surface area contributed by atoms with Crippen LogP contribution >= 0.6 is 0 Å². The molecule has 6 nitrogen and oxygen atoms in total. The lowest BCUT2D eigenvalue weighted by molar-refractivity contribution is 0.0488. The second kappa shape index (κ2) is 6.55. The Morgan fingerprint density at radius 2 is 2.09 bits per heavy atom. The van der Waals surface area contributed by atoms with E-state index in [1.165, 1.54) is 6.20 Å². The molecule has 0 amide bonds. The first kappa shape index (κ1) is 14.5. The van der Waals surface area contributed by atoms with Gasteiger partial charge in [0.05, 0.1) is 36.8 Å². The van der Waals surface area contributed by atoms with Gasteiger partial charge in [0.1, 0.15) is 0 Å². The van der Waals surface area contributed by atoms with Crippen LogP contribution in [0.15, 0.2) is 22.7 Å². The fourth-order valence-electron chi connectivity index (χ4n) is 1.94. The minimum atomic E-state index is -2.78. The Hall–Kier alpha value is -2.44. The highest BCUT2D eigenvalue weighted by molar-refractivity contribution is 5.70. The van der Waals surface area contributed by atoms with Gasteiger partial charge in [-0.15, -0.1) is 14.9 Å². The SMILES string of the molecule is FC(F)c1nnc(-c2ccc(COC3CC=[N+]=CC3)nc2)o1. The molecule has 0 saturated heterocycles. The molecule has 114 valence electrons. The van der Waals surface area contributed by atoms with E-state index in [2.05, 4.69) is 19.8 Å². The first-order valence-corrected chi connectivity index (χ1v) is 6.74. The predicted molar refractivity (Wildman–Crippen MR) is 74.6 cm³/mol. The van der Waals surface area contributed by atoms with Crippen molar-refractivity contribution >= 4 is 12.4 Å². The van der Waals surface area contributed by atoms with Crippen molar-refractivity contribution in [2.75, 3.05) is 0 Å². The highest BCUT2D eigenvalue weighted by Crippen LogP contribution is 2.22. The van der Waals surface area contributed by atoms with Gasteiger partial charge in [-0.3, -0.25) is 4.98 Å². The molecule has 0 N–H and O–H groups in total. The monoisotopic (exact) mass is 307 g/mol. The van der Waals surface area contributed by atoms with Crippen molar-refractivity contribution in [1.29, 1.82) is 0 Å². The Balaban J connectivity index is 1.61. The topological polar surface area (TPSA) is 75.1 Å². The van der Waals surface area contributed by atoms with E-state index in [9.17, 15) is 8.78 Å². The molecule has 1 aliphatic heterocycles. The maximum absolute atomic E-state index is 12.4. The van der Waals surface area contributed by atoms with Crippen LogP contribution in [0.3, 0.4) is 0 Å². The van der Waals surface area contributed by atoms with Gasteiger partial charge in [-0.1, -0.05) is 0 Å². The van der Waals surface area contributed by atoms with Crippen molar-refractivity contribution in [3.8, 4) is 11.5 Å². The number of pyridine rings is 1. The fourth-order valence-corrected chi connectivity index (χ4v) is 1.94. The molecule has 3 rings (SSSR count). The van der Waals surface area contributed by atoms with E-state index in [0.29, 0.717) is 12.2 Å². The van der Waals surface area contributed by atoms with E-state index >= 15 is 0 Å². The number of hydrogen-bond acceptors (Lipinski definition) is 5. The van der Waals surface area contributed by atoms with Crippen molar-refractivity contribution in [3.05, 3.63) is 29.9 Å². The Labute approximate surface area is 124 Å². The second-order valence-electron chi connectivity index (χ2n) is 4.70. The molecule has 0 unspecified atom stereocenters. The van der Waals surface area contributed by atoms with Crippen LogP contribution in [0.1, 0.15) is 30.9 Å². The molecule has 0 aromatic carbocycles. The summed E-state index contributed by atoms with van der Waals surface area (Å²) in [5.41, 5.74) is 1.22. The summed E-state index contributed by atoms with van der Waals surface area (Å²) >= 11 is 0. The summed E-state index contributed by atoms with van der Waals surface area (Å²) in [6.07, 6.45) is 4.04. The Morgan fingerprint density at radius 1 is 1.27 bits per heavy atom. The molecule has 8 heteroatoms. The lowest BCUT2D eigenvalue weighted by Gasteiger charge is -2.11. The van der Waals surface area contributed by atoms with Gasteiger partial charge < -0.3 is 9.15 Å². The number of rotatable bonds is 5. The van der Waals surface area contributed by atoms with Crippen LogP contribution in [0.5, 0.6) is 0 Å². The van der Waals surface area contributed by atoms with Gasteiger partial charge in [0, 0.05) is 6.20 Å². The predicted octanol–water partition coefficient (Wildman–Crippen LogP) is 1.96. The molecule has 22 heavy (non-hydrogen) atoms. The maximum Gasteiger partial charge on any atom is 0.314 e. The molecule has 0 saturated carbocycles. The fraction of sp³-hybridized carbons (Fsp3) is 0.357. The van der Waals surface area contributed by atoms with Crippen molar-refractivity contribution in [2.45, 2.75) is 32.0 Å². The van der Waals surface area contributed by atoms with E-state index < -0.39 is 12.3 Å². The van der Waals surface area contributed by atoms with Crippen LogP contribution in [-0.2, 0) is 11.3 Å². The quantitative estimate of drug-likeness (QED) is 0.789. The molecular weight excluding hydrogens is 294 g/mol. The molecule has 0 bridgehead atoms. The molecule has 0 atom stereocenters. The molecule has 2 aromatic rings. The third kappa shape index (κ3) is 3.41. The molecule has 0 spiro atoms. The van der Waals surface area contributed by atoms with Crippen LogP contribution in [-0.4, -0.2) is 33.7 Å². The summed E-state index contributed by atoms with van der Waals surface area (Å²) in [4.78, 5) is 4.21. The van der Waals surface area contributed by atoms with Gasteiger partial charge in [0.15, 0.2) is 0 Å². The third-order valence-corrected chi connectivity index (χ3v) is 3.11. The Kier molecular flexibility index (Phi) is 4.32. The summed E-state index contributed by atoms with van der Waals surface area (Å²) in [6.45, 7) is 0.374. The maximum atomic E-state index is 12.4. The van der Waals surface area contributed by atoms with Crippen molar-refractivity contribution in [2.24, 2.45) is 0 Å². The first-order valence-electron chi connectivity index (χ1n) is 6.74. The van der Waals surface area contributed by atoms with E-state index in [1.54, 1.807) is 12.1 Å². The van der Waals surface area contributed by atoms with Crippen LogP contribution < -0.4 is 4.67 Å². The molecule has 2 aromatic heterocycles. The van der Waals surface area contributed by atoms with Crippen molar-refractivity contribution in [1.82, 2.24) is 19.8 Å². The number of halogens is 2. The summed E-state index contributed by atoms with van der Waals surface area (Å²) < 4.78 is 39.4. The van der Waals surface area contributed by atoms with Crippen molar-refractivity contribution < 1.29 is 17.9 Å². The van der Waals surface area contributed by atoms with Crippen LogP contribution in [0.2, 0.25) is 0 Å². The number of ether oxygens (including phenoxy) is 1. The van der Waals surface area contributed by atoms with Gasteiger partial charge in [-0.25, -0.2) is 0 Å². The van der Waals surface area contributed by atoms with E-state index in [-0.39, 0.29) is 12.0 Å². The summed E-state index contributed by atoms with van der Waals surface area (Å²) in [5.74, 6) is -0.675. The van der Waals surface area contributed by atoms with Gasteiger partial charge in [-0.05, 0) is 12.1 Å². The van der Waals surface area contributed by atoms with Gasteiger partial charge >= 0.3 is 6.43 Å². The lowest BCUT2D eigenvalue weighted by Crippen LogP contribution is -2.18. The molecule has 0 aliphatic carbocycles. The minimum absolute atomic E-state index is 0.0216. The van der Waals surface area contributed by atoms with Crippen LogP contribution in [0, 0.1) is 0 Å². The smallest absolute Gasteiger partial charge is 0.314 e. The van der Waals surface area contributed by atoms with Crippen molar-refractivity contribution in [3.63, 3.8) is 0 Å². The zero-order chi connectivity index (χ0) is 15.4. The highest BCUT2D eigenvalue weighted by Gasteiger charge is 2.17. The van der Waals surface area contributed by atoms with E-state index in [1.807, 2.05) is 12.4 Å². The Morgan fingerprint density at radius 3 is 2.73 bits per heavy atom. The average molecular weight is 307 g/mol. The molecule has 3 heterocycles.